The molecule has 0 saturated heterocycles. The van der Waals surface area contributed by atoms with Gasteiger partial charge in [-0.3, -0.25) is 0 Å². The molecule has 0 heterocycles. The highest BCUT2D eigenvalue weighted by atomic mass is 16.5. The monoisotopic (exact) mass is 346 g/mol. The predicted octanol–water partition coefficient (Wildman–Crippen LogP) is 7.17. The normalized spacial score (nSPS) is 13.2. The fraction of sp³-hybridized carbons (Fsp3) is 0.750. The van der Waals surface area contributed by atoms with E-state index in [0.29, 0.717) is 0 Å². The van der Waals surface area contributed by atoms with Crippen LogP contribution in [0.15, 0.2) is 6.07 Å². The number of ether oxygens (including phenoxy) is 1. The Bertz CT molecular complexity index is 574. The third kappa shape index (κ3) is 7.04. The third-order valence-corrected chi connectivity index (χ3v) is 4.24. The first kappa shape index (κ1) is 22.1. The maximum Gasteiger partial charge on any atom is 0.126 e. The van der Waals surface area contributed by atoms with E-state index in [1.807, 2.05) is 0 Å². The molecule has 0 aliphatic rings. The average Bonchev–Trinajstić information content (AvgIpc) is 2.37. The molecule has 1 nitrogen and oxygen atoms in total. The zero-order valence-corrected chi connectivity index (χ0v) is 18.8. The van der Waals surface area contributed by atoms with Gasteiger partial charge in [-0.25, -0.2) is 0 Å². The maximum atomic E-state index is 6.60. The summed E-state index contributed by atoms with van der Waals surface area (Å²) < 4.78 is 6.60. The highest BCUT2D eigenvalue weighted by Gasteiger charge is 2.27. The smallest absolute Gasteiger partial charge is 0.126 e. The van der Waals surface area contributed by atoms with Crippen LogP contribution in [0.1, 0.15) is 98.4 Å². The molecule has 0 amide bonds. The Kier molecular flexibility index (Phi) is 6.81. The van der Waals surface area contributed by atoms with E-state index in [4.69, 9.17) is 4.74 Å². The molecule has 0 radical (unpaired) electrons. The van der Waals surface area contributed by atoms with Crippen LogP contribution in [0.3, 0.4) is 0 Å². The lowest BCUT2D eigenvalue weighted by Crippen LogP contribution is -2.27. The van der Waals surface area contributed by atoms with E-state index in [0.717, 1.165) is 31.4 Å². The van der Waals surface area contributed by atoms with Crippen LogP contribution in [0.4, 0.5) is 0 Å². The molecule has 25 heavy (non-hydrogen) atoms. The van der Waals surface area contributed by atoms with Crippen molar-refractivity contribution in [3.05, 3.63) is 28.3 Å². The Morgan fingerprint density at radius 3 is 1.56 bits per heavy atom. The van der Waals surface area contributed by atoms with Crippen LogP contribution in [0.25, 0.3) is 0 Å². The van der Waals surface area contributed by atoms with E-state index in [9.17, 15) is 0 Å². The average molecular weight is 347 g/mol. The van der Waals surface area contributed by atoms with E-state index in [1.165, 1.54) is 22.3 Å². The highest BCUT2D eigenvalue weighted by molar-refractivity contribution is 5.52. The zero-order valence-electron chi connectivity index (χ0n) is 18.8. The summed E-state index contributed by atoms with van der Waals surface area (Å²) in [5.74, 6) is 1.16. The topological polar surface area (TPSA) is 9.23 Å². The quantitative estimate of drug-likeness (QED) is 0.549. The van der Waals surface area contributed by atoms with Gasteiger partial charge in [-0.2, -0.15) is 0 Å². The van der Waals surface area contributed by atoms with Gasteiger partial charge in [0.1, 0.15) is 11.4 Å². The fourth-order valence-electron chi connectivity index (χ4n) is 3.50. The van der Waals surface area contributed by atoms with Crippen molar-refractivity contribution < 1.29 is 4.74 Å². The minimum atomic E-state index is -0.183. The van der Waals surface area contributed by atoms with Crippen molar-refractivity contribution in [3.8, 4) is 5.75 Å². The molecule has 1 aromatic carbocycles. The predicted molar refractivity (Wildman–Crippen MR) is 112 cm³/mol. The summed E-state index contributed by atoms with van der Waals surface area (Å²) in [5.41, 5.74) is 6.15. The molecular weight excluding hydrogens is 304 g/mol. The summed E-state index contributed by atoms with van der Waals surface area (Å²) in [6.07, 6.45) is 4.28. The molecule has 1 heteroatoms. The second-order valence-corrected chi connectivity index (χ2v) is 10.9. The summed E-state index contributed by atoms with van der Waals surface area (Å²) >= 11 is 0. The van der Waals surface area contributed by atoms with E-state index < -0.39 is 0 Å². The molecule has 1 rings (SSSR count). The molecule has 0 fully saturated rings. The first-order valence-electron chi connectivity index (χ1n) is 10.0. The lowest BCUT2D eigenvalue weighted by molar-refractivity contribution is 0.125. The molecule has 0 aromatic heterocycles. The zero-order chi connectivity index (χ0) is 19.6. The van der Waals surface area contributed by atoms with Crippen molar-refractivity contribution in [1.82, 2.24) is 0 Å². The van der Waals surface area contributed by atoms with Crippen molar-refractivity contribution in [1.29, 1.82) is 0 Å². The summed E-state index contributed by atoms with van der Waals surface area (Å²) in [4.78, 5) is 0. The molecule has 1 aromatic rings. The van der Waals surface area contributed by atoms with E-state index in [1.54, 1.807) is 0 Å². The van der Waals surface area contributed by atoms with Gasteiger partial charge in [0, 0.05) is 0 Å². The van der Waals surface area contributed by atoms with Gasteiger partial charge >= 0.3 is 0 Å². The minimum absolute atomic E-state index is 0.183. The van der Waals surface area contributed by atoms with E-state index in [-0.39, 0.29) is 16.4 Å². The van der Waals surface area contributed by atoms with Crippen molar-refractivity contribution in [2.24, 2.45) is 10.8 Å². The number of hydrogen-bond donors (Lipinski definition) is 0. The Hall–Kier alpha value is -0.980. The van der Waals surface area contributed by atoms with E-state index in [2.05, 4.69) is 82.2 Å². The molecule has 0 saturated carbocycles. The van der Waals surface area contributed by atoms with Crippen molar-refractivity contribution >= 4 is 0 Å². The molecule has 0 unspecified atom stereocenters. The molecular formula is C24H42O. The second-order valence-electron chi connectivity index (χ2n) is 10.9. The van der Waals surface area contributed by atoms with Crippen LogP contribution in [-0.2, 0) is 25.7 Å². The molecule has 0 aliphatic carbocycles. The van der Waals surface area contributed by atoms with Gasteiger partial charge in [0.05, 0.1) is 0 Å². The first-order chi connectivity index (χ1) is 11.2. The molecule has 0 N–H and O–H groups in total. The van der Waals surface area contributed by atoms with Gasteiger partial charge in [-0.05, 0) is 79.5 Å². The van der Waals surface area contributed by atoms with Crippen molar-refractivity contribution in [3.63, 3.8) is 0 Å². The van der Waals surface area contributed by atoms with Crippen molar-refractivity contribution in [2.45, 2.75) is 107 Å². The molecule has 0 aliphatic heterocycles. The number of hydrogen-bond acceptors (Lipinski definition) is 1. The Morgan fingerprint density at radius 2 is 1.20 bits per heavy atom. The highest BCUT2D eigenvalue weighted by Crippen LogP contribution is 2.40. The van der Waals surface area contributed by atoms with Gasteiger partial charge < -0.3 is 4.74 Å². The van der Waals surface area contributed by atoms with Crippen LogP contribution in [0.2, 0.25) is 0 Å². The Balaban J connectivity index is 3.72. The number of benzene rings is 1. The number of rotatable bonds is 5. The van der Waals surface area contributed by atoms with Crippen molar-refractivity contribution in [2.75, 3.05) is 0 Å². The Labute approximate surface area is 157 Å². The summed E-state index contributed by atoms with van der Waals surface area (Å²) in [7, 11) is 0. The third-order valence-electron chi connectivity index (χ3n) is 4.24. The fourth-order valence-corrected chi connectivity index (χ4v) is 3.50. The van der Waals surface area contributed by atoms with Gasteiger partial charge in [-0.1, -0.05) is 61.5 Å². The van der Waals surface area contributed by atoms with Gasteiger partial charge in [0.15, 0.2) is 0 Å². The van der Waals surface area contributed by atoms with E-state index >= 15 is 0 Å². The summed E-state index contributed by atoms with van der Waals surface area (Å²) in [6, 6.07) is 2.43. The Morgan fingerprint density at radius 1 is 0.680 bits per heavy atom. The van der Waals surface area contributed by atoms with Gasteiger partial charge in [0.2, 0.25) is 0 Å². The van der Waals surface area contributed by atoms with Crippen LogP contribution >= 0.6 is 0 Å². The largest absolute Gasteiger partial charge is 0.488 e. The van der Waals surface area contributed by atoms with Crippen LogP contribution in [0, 0.1) is 10.8 Å². The minimum Gasteiger partial charge on any atom is -0.488 e. The first-order valence-corrected chi connectivity index (χ1v) is 10.0. The van der Waals surface area contributed by atoms with Gasteiger partial charge in [0.25, 0.3) is 0 Å². The number of aryl methyl sites for hydroxylation is 1. The van der Waals surface area contributed by atoms with Gasteiger partial charge in [-0.15, -0.1) is 0 Å². The summed E-state index contributed by atoms with van der Waals surface area (Å²) in [6.45, 7) is 25.0. The van der Waals surface area contributed by atoms with Crippen LogP contribution in [0.5, 0.6) is 5.75 Å². The second kappa shape index (κ2) is 7.72. The lowest BCUT2D eigenvalue weighted by atomic mass is 9.79. The van der Waals surface area contributed by atoms with Crippen LogP contribution < -0.4 is 4.74 Å². The summed E-state index contributed by atoms with van der Waals surface area (Å²) in [5, 5.41) is 0. The standard InChI is InChI=1S/C24H42O/c1-12-17-14-18(15-22(3,4)5)21(25-24(9,10)11)20(19(17)13-2)16-23(6,7)8/h14H,12-13,15-16H2,1-11H3. The maximum absolute atomic E-state index is 6.60. The van der Waals surface area contributed by atoms with Crippen LogP contribution in [-0.4, -0.2) is 5.60 Å². The molecule has 0 spiro atoms. The molecule has 144 valence electrons. The molecule has 0 atom stereocenters. The molecule has 0 bridgehead atoms. The SMILES string of the molecule is CCc1cc(CC(C)(C)C)c(OC(C)(C)C)c(CC(C)(C)C)c1CC. The lowest BCUT2D eigenvalue weighted by Gasteiger charge is -2.32.